The van der Waals surface area contributed by atoms with Crippen molar-refractivity contribution < 1.29 is 0 Å². The van der Waals surface area contributed by atoms with Gasteiger partial charge in [-0.15, -0.1) is 0 Å². The zero-order chi connectivity index (χ0) is 13.8. The van der Waals surface area contributed by atoms with Crippen LogP contribution >= 0.6 is 0 Å². The minimum Gasteiger partial charge on any atom is -0.328 e. The average molecular weight is 260 g/mol. The Morgan fingerprint density at radius 1 is 1.21 bits per heavy atom. The number of rotatable bonds is 4. The molecular formula is C17H28N2. The van der Waals surface area contributed by atoms with Crippen LogP contribution < -0.4 is 5.73 Å². The van der Waals surface area contributed by atoms with E-state index in [-0.39, 0.29) is 0 Å². The fraction of sp³-hybridized carbons (Fsp3) is 0.647. The average Bonchev–Trinajstić information content (AvgIpc) is 2.39. The monoisotopic (exact) mass is 260 g/mol. The molecule has 0 aromatic heterocycles. The van der Waals surface area contributed by atoms with Gasteiger partial charge < -0.3 is 5.73 Å². The number of hydrogen-bond acceptors (Lipinski definition) is 2. The van der Waals surface area contributed by atoms with Gasteiger partial charge in [0.2, 0.25) is 0 Å². The lowest BCUT2D eigenvalue weighted by atomic mass is 9.92. The second kappa shape index (κ2) is 6.53. The van der Waals surface area contributed by atoms with Gasteiger partial charge in [0.05, 0.1) is 0 Å². The van der Waals surface area contributed by atoms with Gasteiger partial charge >= 0.3 is 0 Å². The molecule has 1 aromatic rings. The Hall–Kier alpha value is -0.860. The van der Waals surface area contributed by atoms with Crippen LogP contribution in [0.25, 0.3) is 0 Å². The van der Waals surface area contributed by atoms with E-state index in [4.69, 9.17) is 5.73 Å². The van der Waals surface area contributed by atoms with Crippen molar-refractivity contribution in [1.29, 1.82) is 0 Å². The molecule has 1 aliphatic heterocycles. The normalized spacial score (nSPS) is 22.7. The summed E-state index contributed by atoms with van der Waals surface area (Å²) in [5.41, 5.74) is 8.90. The van der Waals surface area contributed by atoms with Crippen LogP contribution in [-0.4, -0.2) is 24.0 Å². The second-order valence-electron chi connectivity index (χ2n) is 6.39. The minimum absolute atomic E-state index is 0.325. The van der Waals surface area contributed by atoms with Crippen LogP contribution in [0.15, 0.2) is 24.3 Å². The quantitative estimate of drug-likeness (QED) is 0.899. The van der Waals surface area contributed by atoms with E-state index in [1.165, 1.54) is 30.5 Å². The third-order valence-electron chi connectivity index (χ3n) is 4.34. The molecule has 0 spiro atoms. The molecule has 2 atom stereocenters. The van der Waals surface area contributed by atoms with E-state index in [9.17, 15) is 0 Å². The highest BCUT2D eigenvalue weighted by Crippen LogP contribution is 2.21. The Labute approximate surface area is 118 Å². The van der Waals surface area contributed by atoms with Gasteiger partial charge in [0.25, 0.3) is 0 Å². The smallest absolute Gasteiger partial charge is 0.0233 e. The first-order valence-electron chi connectivity index (χ1n) is 7.63. The molecule has 0 saturated carbocycles. The van der Waals surface area contributed by atoms with Crippen molar-refractivity contribution in [3.8, 4) is 0 Å². The maximum Gasteiger partial charge on any atom is 0.0233 e. The molecule has 106 valence electrons. The summed E-state index contributed by atoms with van der Waals surface area (Å²) in [6.45, 7) is 10.1. The first-order valence-corrected chi connectivity index (χ1v) is 7.63. The zero-order valence-electron chi connectivity index (χ0n) is 12.6. The third-order valence-corrected chi connectivity index (χ3v) is 4.34. The van der Waals surface area contributed by atoms with Crippen molar-refractivity contribution in [3.63, 3.8) is 0 Å². The highest BCUT2D eigenvalue weighted by atomic mass is 15.1. The van der Waals surface area contributed by atoms with Crippen molar-refractivity contribution in [2.75, 3.05) is 13.1 Å². The van der Waals surface area contributed by atoms with Crippen LogP contribution in [0.4, 0.5) is 0 Å². The molecule has 2 unspecified atom stereocenters. The predicted molar refractivity (Wildman–Crippen MR) is 82.2 cm³/mol. The number of nitrogens with zero attached hydrogens (tertiary/aromatic N) is 1. The number of likely N-dealkylation sites (tertiary alicyclic amines) is 1. The summed E-state index contributed by atoms with van der Waals surface area (Å²) in [6, 6.07) is 9.43. The Morgan fingerprint density at radius 3 is 2.47 bits per heavy atom. The summed E-state index contributed by atoms with van der Waals surface area (Å²) in [4.78, 5) is 2.56. The molecule has 1 heterocycles. The van der Waals surface area contributed by atoms with Crippen molar-refractivity contribution in [2.45, 2.75) is 52.1 Å². The van der Waals surface area contributed by atoms with Crippen molar-refractivity contribution in [3.05, 3.63) is 35.4 Å². The van der Waals surface area contributed by atoms with Crippen LogP contribution in [-0.2, 0) is 6.54 Å². The molecule has 0 amide bonds. The molecule has 1 aromatic carbocycles. The van der Waals surface area contributed by atoms with Gasteiger partial charge in [-0.05, 0) is 49.3 Å². The molecule has 2 heteroatoms. The highest BCUT2D eigenvalue weighted by Gasteiger charge is 2.22. The van der Waals surface area contributed by atoms with Gasteiger partial charge in [-0.3, -0.25) is 4.90 Å². The van der Waals surface area contributed by atoms with E-state index in [2.05, 4.69) is 49.9 Å². The largest absolute Gasteiger partial charge is 0.328 e. The molecule has 19 heavy (non-hydrogen) atoms. The van der Waals surface area contributed by atoms with E-state index in [1.807, 2.05) is 0 Å². The molecule has 2 rings (SSSR count). The first kappa shape index (κ1) is 14.5. The summed E-state index contributed by atoms with van der Waals surface area (Å²) in [5, 5.41) is 0. The van der Waals surface area contributed by atoms with E-state index >= 15 is 0 Å². The fourth-order valence-corrected chi connectivity index (χ4v) is 2.93. The van der Waals surface area contributed by atoms with E-state index in [0.29, 0.717) is 17.9 Å². The molecule has 0 radical (unpaired) electrons. The topological polar surface area (TPSA) is 29.3 Å². The van der Waals surface area contributed by atoms with Crippen LogP contribution in [0.3, 0.4) is 0 Å². The molecule has 0 bridgehead atoms. The van der Waals surface area contributed by atoms with E-state index in [0.717, 1.165) is 13.1 Å². The second-order valence-corrected chi connectivity index (χ2v) is 6.39. The van der Waals surface area contributed by atoms with E-state index in [1.54, 1.807) is 0 Å². The molecule has 1 saturated heterocycles. The predicted octanol–water partition coefficient (Wildman–Crippen LogP) is 3.37. The number of nitrogens with two attached hydrogens (primary N) is 1. The third kappa shape index (κ3) is 4.05. The molecule has 0 aliphatic carbocycles. The lowest BCUT2D eigenvalue weighted by Gasteiger charge is -2.34. The summed E-state index contributed by atoms with van der Waals surface area (Å²) in [5.74, 6) is 1.29. The lowest BCUT2D eigenvalue weighted by molar-refractivity contribution is 0.154. The number of benzene rings is 1. The minimum atomic E-state index is 0.325. The Kier molecular flexibility index (Phi) is 5.00. The maximum absolute atomic E-state index is 6.05. The fourth-order valence-electron chi connectivity index (χ4n) is 2.93. The number of piperidine rings is 1. The number of hydrogen-bond donors (Lipinski definition) is 1. The van der Waals surface area contributed by atoms with Crippen LogP contribution in [0.1, 0.15) is 50.7 Å². The van der Waals surface area contributed by atoms with Crippen LogP contribution in [0.5, 0.6) is 0 Å². The van der Waals surface area contributed by atoms with Gasteiger partial charge in [0.1, 0.15) is 0 Å². The van der Waals surface area contributed by atoms with Gasteiger partial charge in [-0.2, -0.15) is 0 Å². The summed E-state index contributed by atoms with van der Waals surface area (Å²) >= 11 is 0. The maximum atomic E-state index is 6.05. The Morgan fingerprint density at radius 2 is 1.89 bits per heavy atom. The highest BCUT2D eigenvalue weighted by molar-refractivity contribution is 5.24. The zero-order valence-corrected chi connectivity index (χ0v) is 12.6. The first-order chi connectivity index (χ1) is 9.06. The van der Waals surface area contributed by atoms with Gasteiger partial charge in [0.15, 0.2) is 0 Å². The molecular weight excluding hydrogens is 232 g/mol. The van der Waals surface area contributed by atoms with Crippen molar-refractivity contribution >= 4 is 0 Å². The summed E-state index contributed by atoms with van der Waals surface area (Å²) in [7, 11) is 0. The molecule has 1 fully saturated rings. The summed E-state index contributed by atoms with van der Waals surface area (Å²) in [6.07, 6.45) is 2.58. The van der Waals surface area contributed by atoms with Gasteiger partial charge in [-0.1, -0.05) is 38.1 Å². The SMILES string of the molecule is CC(C)c1ccc(CN2CCCC(C(C)N)C2)cc1. The standard InChI is InChI=1S/C17H28N2/c1-13(2)16-8-6-15(7-9-16)11-19-10-4-5-17(12-19)14(3)18/h6-9,13-14,17H,4-5,10-12,18H2,1-3H3. The molecule has 1 aliphatic rings. The van der Waals surface area contributed by atoms with Gasteiger partial charge in [-0.25, -0.2) is 0 Å². The summed E-state index contributed by atoms with van der Waals surface area (Å²) < 4.78 is 0. The van der Waals surface area contributed by atoms with Crippen molar-refractivity contribution in [2.24, 2.45) is 11.7 Å². The van der Waals surface area contributed by atoms with Crippen molar-refractivity contribution in [1.82, 2.24) is 4.90 Å². The Bertz CT molecular complexity index is 381. The van der Waals surface area contributed by atoms with Gasteiger partial charge in [0, 0.05) is 19.1 Å². The van der Waals surface area contributed by atoms with Crippen LogP contribution in [0.2, 0.25) is 0 Å². The van der Waals surface area contributed by atoms with E-state index < -0.39 is 0 Å². The lowest BCUT2D eigenvalue weighted by Crippen LogP contribution is -2.41. The van der Waals surface area contributed by atoms with Crippen LogP contribution in [0, 0.1) is 5.92 Å². The molecule has 2 N–H and O–H groups in total. The Balaban J connectivity index is 1.93. The molecule has 2 nitrogen and oxygen atoms in total.